The highest BCUT2D eigenvalue weighted by Crippen LogP contribution is 2.31. The Morgan fingerprint density at radius 2 is 2.27 bits per heavy atom. The summed E-state index contributed by atoms with van der Waals surface area (Å²) < 4.78 is 4.74. The van der Waals surface area contributed by atoms with Crippen LogP contribution < -0.4 is 5.73 Å². The fourth-order valence-corrected chi connectivity index (χ4v) is 2.37. The van der Waals surface area contributed by atoms with Crippen LogP contribution in [0.15, 0.2) is 0 Å². The van der Waals surface area contributed by atoms with E-state index in [2.05, 4.69) is 11.9 Å². The molecule has 0 spiro atoms. The summed E-state index contributed by atoms with van der Waals surface area (Å²) >= 11 is 0. The zero-order valence-corrected chi connectivity index (χ0v) is 9.79. The molecule has 0 saturated carbocycles. The normalized spacial score (nSPS) is 28.5. The number of carbonyl (C=O) groups is 1. The minimum atomic E-state index is -0.143. The fourth-order valence-electron chi connectivity index (χ4n) is 2.37. The maximum absolute atomic E-state index is 11.4. The van der Waals surface area contributed by atoms with E-state index >= 15 is 0 Å². The van der Waals surface area contributed by atoms with Crippen LogP contribution in [0.4, 0.5) is 0 Å². The highest BCUT2D eigenvalue weighted by molar-refractivity contribution is 5.70. The van der Waals surface area contributed by atoms with E-state index in [9.17, 15) is 4.79 Å². The number of carbonyl (C=O) groups excluding carboxylic acids is 1. The zero-order valence-electron chi connectivity index (χ0n) is 9.79. The maximum atomic E-state index is 11.4. The van der Waals surface area contributed by atoms with Crippen molar-refractivity contribution in [1.82, 2.24) is 4.90 Å². The molecule has 0 radical (unpaired) electrons. The molecule has 2 N–H and O–H groups in total. The van der Waals surface area contributed by atoms with Crippen LogP contribution in [0, 0.1) is 5.41 Å². The molecule has 0 aromatic rings. The molecule has 1 rings (SSSR count). The molecule has 0 aromatic heterocycles. The van der Waals surface area contributed by atoms with Gasteiger partial charge < -0.3 is 15.4 Å². The number of hydrogen-bond donors (Lipinski definition) is 1. The Hall–Kier alpha value is -0.610. The molecular formula is C11H22N2O2. The molecule has 88 valence electrons. The topological polar surface area (TPSA) is 55.6 Å². The standard InChI is InChI=1S/C11H22N2O2/c1-13-6-4-3-5-11(8-12,9-13)7-10(14)15-2/h3-9,12H2,1-2H3. The predicted molar refractivity (Wildman–Crippen MR) is 59.5 cm³/mol. The molecule has 0 amide bonds. The number of ether oxygens (including phenoxy) is 1. The summed E-state index contributed by atoms with van der Waals surface area (Å²) in [5, 5.41) is 0. The van der Waals surface area contributed by atoms with Crippen molar-refractivity contribution in [3.63, 3.8) is 0 Å². The highest BCUT2D eigenvalue weighted by atomic mass is 16.5. The lowest BCUT2D eigenvalue weighted by molar-refractivity contribution is -0.143. The largest absolute Gasteiger partial charge is 0.469 e. The maximum Gasteiger partial charge on any atom is 0.306 e. The Bertz CT molecular complexity index is 221. The Morgan fingerprint density at radius 1 is 1.53 bits per heavy atom. The first-order chi connectivity index (χ1) is 7.12. The van der Waals surface area contributed by atoms with Crippen molar-refractivity contribution < 1.29 is 9.53 Å². The molecule has 15 heavy (non-hydrogen) atoms. The van der Waals surface area contributed by atoms with Gasteiger partial charge in [-0.15, -0.1) is 0 Å². The van der Waals surface area contributed by atoms with Gasteiger partial charge in [0.25, 0.3) is 0 Å². The Balaban J connectivity index is 2.67. The van der Waals surface area contributed by atoms with Gasteiger partial charge in [0.1, 0.15) is 0 Å². The average Bonchev–Trinajstić information content (AvgIpc) is 2.40. The minimum absolute atomic E-state index is 0.0711. The molecule has 1 aliphatic heterocycles. The summed E-state index contributed by atoms with van der Waals surface area (Å²) in [6.07, 6.45) is 3.82. The van der Waals surface area contributed by atoms with Crippen molar-refractivity contribution in [2.24, 2.45) is 11.1 Å². The van der Waals surface area contributed by atoms with Crippen molar-refractivity contribution in [2.45, 2.75) is 25.7 Å². The number of nitrogens with zero attached hydrogens (tertiary/aromatic N) is 1. The quantitative estimate of drug-likeness (QED) is 0.699. The molecule has 1 atom stereocenters. The minimum Gasteiger partial charge on any atom is -0.469 e. The highest BCUT2D eigenvalue weighted by Gasteiger charge is 2.34. The summed E-state index contributed by atoms with van der Waals surface area (Å²) in [6.45, 7) is 2.56. The Morgan fingerprint density at radius 3 is 2.87 bits per heavy atom. The van der Waals surface area contributed by atoms with Crippen molar-refractivity contribution in [1.29, 1.82) is 0 Å². The van der Waals surface area contributed by atoms with Crippen LogP contribution in [0.1, 0.15) is 25.7 Å². The SMILES string of the molecule is COC(=O)CC1(CN)CCCCN(C)C1. The third-order valence-electron chi connectivity index (χ3n) is 3.28. The van der Waals surface area contributed by atoms with Gasteiger partial charge in [-0.05, 0) is 33.0 Å². The van der Waals surface area contributed by atoms with Gasteiger partial charge in [-0.3, -0.25) is 4.79 Å². The van der Waals surface area contributed by atoms with Crippen LogP contribution in [0.5, 0.6) is 0 Å². The summed E-state index contributed by atoms with van der Waals surface area (Å²) in [7, 11) is 3.53. The number of likely N-dealkylation sites (tertiary alicyclic amines) is 1. The molecule has 0 aromatic carbocycles. The van der Waals surface area contributed by atoms with E-state index < -0.39 is 0 Å². The smallest absolute Gasteiger partial charge is 0.306 e. The number of rotatable bonds is 3. The second-order valence-corrected chi connectivity index (χ2v) is 4.65. The molecule has 4 heteroatoms. The summed E-state index contributed by atoms with van der Waals surface area (Å²) in [6, 6.07) is 0. The molecule has 1 fully saturated rings. The van der Waals surface area contributed by atoms with Crippen LogP contribution in [0.3, 0.4) is 0 Å². The fraction of sp³-hybridized carbons (Fsp3) is 0.909. The second-order valence-electron chi connectivity index (χ2n) is 4.65. The van der Waals surface area contributed by atoms with E-state index in [-0.39, 0.29) is 11.4 Å². The lowest BCUT2D eigenvalue weighted by Gasteiger charge is -2.32. The number of methoxy groups -OCH3 is 1. The number of esters is 1. The van der Waals surface area contributed by atoms with Gasteiger partial charge in [-0.2, -0.15) is 0 Å². The van der Waals surface area contributed by atoms with Crippen LogP contribution >= 0.6 is 0 Å². The Labute approximate surface area is 91.8 Å². The van der Waals surface area contributed by atoms with Gasteiger partial charge >= 0.3 is 5.97 Å². The first kappa shape index (κ1) is 12.5. The van der Waals surface area contributed by atoms with Crippen molar-refractivity contribution in [2.75, 3.05) is 33.8 Å². The number of hydrogen-bond acceptors (Lipinski definition) is 4. The van der Waals surface area contributed by atoms with Crippen LogP contribution in [0.25, 0.3) is 0 Å². The van der Waals surface area contributed by atoms with E-state index in [1.54, 1.807) is 0 Å². The Kier molecular flexibility index (Phi) is 4.54. The third kappa shape index (κ3) is 3.47. The van der Waals surface area contributed by atoms with Crippen molar-refractivity contribution >= 4 is 5.97 Å². The molecule has 4 nitrogen and oxygen atoms in total. The van der Waals surface area contributed by atoms with Gasteiger partial charge in [-0.1, -0.05) is 6.42 Å². The molecule has 1 heterocycles. The van der Waals surface area contributed by atoms with Crippen molar-refractivity contribution in [3.8, 4) is 0 Å². The van der Waals surface area contributed by atoms with Crippen LogP contribution in [0.2, 0.25) is 0 Å². The van der Waals surface area contributed by atoms with Gasteiger partial charge in [0.15, 0.2) is 0 Å². The molecule has 0 aliphatic carbocycles. The summed E-state index contributed by atoms with van der Waals surface area (Å²) in [5.41, 5.74) is 5.77. The van der Waals surface area contributed by atoms with E-state index in [0.717, 1.165) is 25.9 Å². The van der Waals surface area contributed by atoms with Crippen LogP contribution in [-0.2, 0) is 9.53 Å². The number of nitrogens with two attached hydrogens (primary N) is 1. The predicted octanol–water partition coefficient (Wildman–Crippen LogP) is 0.610. The zero-order chi connectivity index (χ0) is 11.3. The second kappa shape index (κ2) is 5.47. The van der Waals surface area contributed by atoms with E-state index in [1.807, 2.05) is 0 Å². The summed E-state index contributed by atoms with van der Waals surface area (Å²) in [5.74, 6) is -0.143. The van der Waals surface area contributed by atoms with Gasteiger partial charge in [0.2, 0.25) is 0 Å². The lowest BCUT2D eigenvalue weighted by atomic mass is 9.80. The monoisotopic (exact) mass is 214 g/mol. The molecular weight excluding hydrogens is 192 g/mol. The first-order valence-electron chi connectivity index (χ1n) is 5.57. The van der Waals surface area contributed by atoms with E-state index in [4.69, 9.17) is 10.5 Å². The van der Waals surface area contributed by atoms with E-state index in [0.29, 0.717) is 13.0 Å². The van der Waals surface area contributed by atoms with E-state index in [1.165, 1.54) is 13.5 Å². The molecule has 1 saturated heterocycles. The molecule has 1 aliphatic rings. The molecule has 0 bridgehead atoms. The molecule has 1 unspecified atom stereocenters. The van der Waals surface area contributed by atoms with Gasteiger partial charge in [0, 0.05) is 12.0 Å². The average molecular weight is 214 g/mol. The third-order valence-corrected chi connectivity index (χ3v) is 3.28. The van der Waals surface area contributed by atoms with Gasteiger partial charge in [-0.25, -0.2) is 0 Å². The van der Waals surface area contributed by atoms with Gasteiger partial charge in [0.05, 0.1) is 13.5 Å². The van der Waals surface area contributed by atoms with Crippen LogP contribution in [-0.4, -0.2) is 44.7 Å². The first-order valence-corrected chi connectivity index (χ1v) is 5.57. The lowest BCUT2D eigenvalue weighted by Crippen LogP contribution is -2.41. The van der Waals surface area contributed by atoms with Crippen molar-refractivity contribution in [3.05, 3.63) is 0 Å². The summed E-state index contributed by atoms with van der Waals surface area (Å²) in [4.78, 5) is 13.6.